The van der Waals surface area contributed by atoms with Crippen molar-refractivity contribution in [3.63, 3.8) is 0 Å². The predicted molar refractivity (Wildman–Crippen MR) is 119 cm³/mol. The van der Waals surface area contributed by atoms with Crippen molar-refractivity contribution in [1.29, 1.82) is 0 Å². The van der Waals surface area contributed by atoms with Crippen LogP contribution in [0.15, 0.2) is 56.8 Å². The van der Waals surface area contributed by atoms with E-state index in [1.54, 1.807) is 24.4 Å². The molecule has 1 aliphatic carbocycles. The van der Waals surface area contributed by atoms with Crippen LogP contribution in [0.3, 0.4) is 0 Å². The average molecular weight is 458 g/mol. The Kier molecular flexibility index (Phi) is 6.19. The minimum Gasteiger partial charge on any atom is -0.490 e. The molecule has 9 heteroatoms. The minimum absolute atomic E-state index is 0.0306. The van der Waals surface area contributed by atoms with Crippen molar-refractivity contribution in [3.05, 3.63) is 64.7 Å². The maximum absolute atomic E-state index is 12.6. The number of ether oxygens (including phenoxy) is 1. The van der Waals surface area contributed by atoms with Gasteiger partial charge in [0, 0.05) is 36.0 Å². The van der Waals surface area contributed by atoms with Gasteiger partial charge >= 0.3 is 0 Å². The summed E-state index contributed by atoms with van der Waals surface area (Å²) in [5.41, 5.74) is 0.352. The standard InChI is InChI=1S/C23H27N3O5S/c1-15(2)22-24-23(31-25-22)16-4-8-18(9-5-16)30-19-12-13-26(21(27)14-19)17-6-10-20(11-7-17)32(3,28)29/h6-7,10-16,18H,4-5,8-9H2,1-3H3/t16-,18-. The van der Waals surface area contributed by atoms with Gasteiger partial charge in [-0.1, -0.05) is 19.0 Å². The van der Waals surface area contributed by atoms with Crippen LogP contribution in [0.5, 0.6) is 5.75 Å². The molecule has 0 spiro atoms. The molecule has 1 aliphatic rings. The van der Waals surface area contributed by atoms with Crippen molar-refractivity contribution in [3.8, 4) is 11.4 Å². The van der Waals surface area contributed by atoms with E-state index in [9.17, 15) is 13.2 Å². The first kappa shape index (κ1) is 22.3. The monoisotopic (exact) mass is 457 g/mol. The third-order valence-corrected chi connectivity index (χ3v) is 6.86. The minimum atomic E-state index is -3.28. The molecule has 0 unspecified atom stereocenters. The molecule has 32 heavy (non-hydrogen) atoms. The first-order valence-corrected chi connectivity index (χ1v) is 12.6. The fourth-order valence-electron chi connectivity index (χ4n) is 3.87. The molecule has 0 saturated heterocycles. The van der Waals surface area contributed by atoms with Crippen LogP contribution in [0.4, 0.5) is 0 Å². The van der Waals surface area contributed by atoms with Gasteiger partial charge in [0.25, 0.3) is 5.56 Å². The Morgan fingerprint density at radius 1 is 1.09 bits per heavy atom. The lowest BCUT2D eigenvalue weighted by Gasteiger charge is -2.27. The van der Waals surface area contributed by atoms with Crippen LogP contribution in [0.25, 0.3) is 5.69 Å². The average Bonchev–Trinajstić information content (AvgIpc) is 3.25. The van der Waals surface area contributed by atoms with Gasteiger partial charge in [0.05, 0.1) is 11.0 Å². The van der Waals surface area contributed by atoms with Gasteiger partial charge in [-0.25, -0.2) is 8.42 Å². The van der Waals surface area contributed by atoms with Crippen molar-refractivity contribution in [1.82, 2.24) is 14.7 Å². The molecule has 0 radical (unpaired) electrons. The molecule has 0 amide bonds. The van der Waals surface area contributed by atoms with Crippen molar-refractivity contribution < 1.29 is 17.7 Å². The summed E-state index contributed by atoms with van der Waals surface area (Å²) in [6, 6.07) is 9.43. The van der Waals surface area contributed by atoms with E-state index in [4.69, 9.17) is 9.26 Å². The van der Waals surface area contributed by atoms with Crippen LogP contribution in [0.2, 0.25) is 0 Å². The molecule has 2 heterocycles. The summed E-state index contributed by atoms with van der Waals surface area (Å²) in [5.74, 6) is 2.47. The highest BCUT2D eigenvalue weighted by Gasteiger charge is 2.28. The Morgan fingerprint density at radius 3 is 2.34 bits per heavy atom. The van der Waals surface area contributed by atoms with Crippen molar-refractivity contribution in [2.24, 2.45) is 0 Å². The Bertz CT molecular complexity index is 1240. The summed E-state index contributed by atoms with van der Waals surface area (Å²) in [5, 5.41) is 4.05. The van der Waals surface area contributed by atoms with E-state index in [2.05, 4.69) is 10.1 Å². The van der Waals surface area contributed by atoms with Gasteiger partial charge in [0.1, 0.15) is 5.75 Å². The first-order chi connectivity index (χ1) is 15.2. The number of pyridine rings is 1. The van der Waals surface area contributed by atoms with Gasteiger partial charge in [-0.3, -0.25) is 9.36 Å². The number of benzene rings is 1. The van der Waals surface area contributed by atoms with E-state index in [1.807, 2.05) is 13.8 Å². The predicted octanol–water partition coefficient (Wildman–Crippen LogP) is 3.85. The number of nitrogens with zero attached hydrogens (tertiary/aromatic N) is 3. The van der Waals surface area contributed by atoms with Gasteiger partial charge < -0.3 is 9.26 Å². The number of sulfone groups is 1. The molecule has 8 nitrogen and oxygen atoms in total. The van der Waals surface area contributed by atoms with Crippen LogP contribution < -0.4 is 10.3 Å². The molecule has 2 aromatic heterocycles. The van der Waals surface area contributed by atoms with E-state index >= 15 is 0 Å². The zero-order valence-corrected chi connectivity index (χ0v) is 19.2. The number of rotatable bonds is 6. The molecule has 1 aromatic carbocycles. The lowest BCUT2D eigenvalue weighted by Crippen LogP contribution is -2.25. The fraction of sp³-hybridized carbons (Fsp3) is 0.435. The zero-order valence-electron chi connectivity index (χ0n) is 18.4. The molecule has 170 valence electrons. The maximum atomic E-state index is 12.6. The van der Waals surface area contributed by atoms with Crippen LogP contribution >= 0.6 is 0 Å². The van der Waals surface area contributed by atoms with Crippen LogP contribution in [-0.2, 0) is 9.84 Å². The zero-order chi connectivity index (χ0) is 22.9. The van der Waals surface area contributed by atoms with Gasteiger partial charge in [-0.05, 0) is 56.0 Å². The number of hydrogen-bond donors (Lipinski definition) is 0. The molecule has 1 saturated carbocycles. The van der Waals surface area contributed by atoms with Gasteiger partial charge in [0.15, 0.2) is 15.7 Å². The summed E-state index contributed by atoms with van der Waals surface area (Å²) < 4.78 is 36.2. The maximum Gasteiger partial charge on any atom is 0.258 e. The highest BCUT2D eigenvalue weighted by molar-refractivity contribution is 7.90. The second-order valence-electron chi connectivity index (χ2n) is 8.57. The lowest BCUT2D eigenvalue weighted by atomic mass is 9.87. The van der Waals surface area contributed by atoms with Crippen LogP contribution in [0.1, 0.15) is 63.1 Å². The second-order valence-corrected chi connectivity index (χ2v) is 10.6. The molecule has 4 rings (SSSR count). The Balaban J connectivity index is 1.38. The smallest absolute Gasteiger partial charge is 0.258 e. The highest BCUT2D eigenvalue weighted by Crippen LogP contribution is 2.34. The third kappa shape index (κ3) is 4.93. The second kappa shape index (κ2) is 8.90. The summed E-state index contributed by atoms with van der Waals surface area (Å²) in [6.07, 6.45) is 6.31. The summed E-state index contributed by atoms with van der Waals surface area (Å²) in [7, 11) is -3.28. The lowest BCUT2D eigenvalue weighted by molar-refractivity contribution is 0.139. The van der Waals surface area contributed by atoms with Gasteiger partial charge in [0.2, 0.25) is 5.89 Å². The molecule has 1 fully saturated rings. The van der Waals surface area contributed by atoms with Crippen LogP contribution in [0, 0.1) is 0 Å². The van der Waals surface area contributed by atoms with E-state index < -0.39 is 9.84 Å². The number of hydrogen-bond acceptors (Lipinski definition) is 7. The molecular weight excluding hydrogens is 430 g/mol. The van der Waals surface area contributed by atoms with Crippen molar-refractivity contribution in [2.75, 3.05) is 6.26 Å². The Hall–Kier alpha value is -2.94. The topological polar surface area (TPSA) is 104 Å². The summed E-state index contributed by atoms with van der Waals surface area (Å²) in [6.45, 7) is 4.08. The van der Waals surface area contributed by atoms with Gasteiger partial charge in [-0.2, -0.15) is 4.98 Å². The molecule has 0 atom stereocenters. The van der Waals surface area contributed by atoms with E-state index in [1.165, 1.54) is 22.8 Å². The largest absolute Gasteiger partial charge is 0.490 e. The van der Waals surface area contributed by atoms with E-state index in [-0.39, 0.29) is 28.4 Å². The Morgan fingerprint density at radius 2 is 1.78 bits per heavy atom. The summed E-state index contributed by atoms with van der Waals surface area (Å²) in [4.78, 5) is 17.3. The van der Waals surface area contributed by atoms with Crippen molar-refractivity contribution >= 4 is 9.84 Å². The fourth-order valence-corrected chi connectivity index (χ4v) is 4.50. The first-order valence-electron chi connectivity index (χ1n) is 10.7. The van der Waals surface area contributed by atoms with Crippen LogP contribution in [-0.4, -0.2) is 35.5 Å². The normalized spacial score (nSPS) is 19.2. The third-order valence-electron chi connectivity index (χ3n) is 5.73. The van der Waals surface area contributed by atoms with E-state index in [0.29, 0.717) is 17.3 Å². The van der Waals surface area contributed by atoms with Gasteiger partial charge in [-0.15, -0.1) is 0 Å². The Labute approximate surface area is 187 Å². The molecule has 0 N–H and O–H groups in total. The van der Waals surface area contributed by atoms with E-state index in [0.717, 1.165) is 37.8 Å². The highest BCUT2D eigenvalue weighted by atomic mass is 32.2. The quantitative estimate of drug-likeness (QED) is 0.554. The molecule has 0 aliphatic heterocycles. The summed E-state index contributed by atoms with van der Waals surface area (Å²) >= 11 is 0. The molecule has 0 bridgehead atoms. The molecular formula is C23H27N3O5S. The SMILES string of the molecule is CC(C)c1noc([C@H]2CC[C@H](Oc3ccn(-c4ccc(S(C)(=O)=O)cc4)c(=O)c3)CC2)n1. The number of aromatic nitrogens is 3. The molecule has 3 aromatic rings. The van der Waals surface area contributed by atoms with Crippen molar-refractivity contribution in [2.45, 2.75) is 62.4 Å².